The molecule has 3 rings (SSSR count). The number of hydrogen-bond acceptors (Lipinski definition) is 5. The topological polar surface area (TPSA) is 93.7 Å². The van der Waals surface area contributed by atoms with Gasteiger partial charge in [0.2, 0.25) is 16.8 Å². The molecule has 26 heavy (non-hydrogen) atoms. The van der Waals surface area contributed by atoms with Crippen molar-refractivity contribution in [1.29, 1.82) is 0 Å². The monoisotopic (exact) mass is 376 g/mol. The SMILES string of the molecule is CCNS(=O)(=O)c1ccc(C(=O)NCCc2ccc3c(c2)OCO3)cc1. The summed E-state index contributed by atoms with van der Waals surface area (Å²) in [7, 11) is -3.51. The van der Waals surface area contributed by atoms with Gasteiger partial charge < -0.3 is 14.8 Å². The van der Waals surface area contributed by atoms with Gasteiger partial charge in [0.15, 0.2) is 11.5 Å². The highest BCUT2D eigenvalue weighted by Crippen LogP contribution is 2.32. The van der Waals surface area contributed by atoms with Crippen LogP contribution >= 0.6 is 0 Å². The summed E-state index contributed by atoms with van der Waals surface area (Å²) in [6.07, 6.45) is 0.648. The first-order chi connectivity index (χ1) is 12.5. The highest BCUT2D eigenvalue weighted by atomic mass is 32.2. The molecule has 2 aromatic carbocycles. The molecule has 1 aliphatic heterocycles. The Kier molecular flexibility index (Phi) is 5.43. The summed E-state index contributed by atoms with van der Waals surface area (Å²) < 4.78 is 36.8. The Morgan fingerprint density at radius 1 is 1.08 bits per heavy atom. The van der Waals surface area contributed by atoms with E-state index in [2.05, 4.69) is 10.0 Å². The number of benzene rings is 2. The maximum atomic E-state index is 12.2. The average Bonchev–Trinajstić information content (AvgIpc) is 3.09. The van der Waals surface area contributed by atoms with Gasteiger partial charge in [-0.15, -0.1) is 0 Å². The van der Waals surface area contributed by atoms with E-state index in [9.17, 15) is 13.2 Å². The van der Waals surface area contributed by atoms with Crippen LogP contribution in [0.5, 0.6) is 11.5 Å². The van der Waals surface area contributed by atoms with Gasteiger partial charge in [0.25, 0.3) is 5.91 Å². The van der Waals surface area contributed by atoms with Crippen molar-refractivity contribution in [2.45, 2.75) is 18.2 Å². The van der Waals surface area contributed by atoms with E-state index in [0.29, 0.717) is 30.8 Å². The zero-order chi connectivity index (χ0) is 18.6. The molecule has 0 aliphatic carbocycles. The quantitative estimate of drug-likeness (QED) is 0.767. The van der Waals surface area contributed by atoms with Crippen LogP contribution in [0, 0.1) is 0 Å². The van der Waals surface area contributed by atoms with E-state index in [4.69, 9.17) is 9.47 Å². The number of amides is 1. The van der Waals surface area contributed by atoms with Crippen molar-refractivity contribution in [3.63, 3.8) is 0 Å². The molecule has 0 saturated heterocycles. The highest BCUT2D eigenvalue weighted by Gasteiger charge is 2.15. The van der Waals surface area contributed by atoms with Gasteiger partial charge in [-0.05, 0) is 48.4 Å². The molecule has 0 radical (unpaired) electrons. The fraction of sp³-hybridized carbons (Fsp3) is 0.278. The molecule has 0 spiro atoms. The van der Waals surface area contributed by atoms with Crippen LogP contribution in [0.3, 0.4) is 0 Å². The third-order valence-electron chi connectivity index (χ3n) is 3.90. The van der Waals surface area contributed by atoms with Gasteiger partial charge >= 0.3 is 0 Å². The van der Waals surface area contributed by atoms with Crippen LogP contribution in [-0.2, 0) is 16.4 Å². The minimum absolute atomic E-state index is 0.135. The molecular weight excluding hydrogens is 356 g/mol. The van der Waals surface area contributed by atoms with Gasteiger partial charge in [0.05, 0.1) is 4.90 Å². The molecule has 138 valence electrons. The summed E-state index contributed by atoms with van der Waals surface area (Å²) in [5, 5.41) is 2.82. The lowest BCUT2D eigenvalue weighted by atomic mass is 10.1. The Morgan fingerprint density at radius 2 is 1.81 bits per heavy atom. The molecule has 1 heterocycles. The number of ether oxygens (including phenoxy) is 2. The van der Waals surface area contributed by atoms with Crippen LogP contribution in [0.25, 0.3) is 0 Å². The number of fused-ring (bicyclic) bond motifs is 1. The molecule has 2 aromatic rings. The number of carbonyl (C=O) groups excluding carboxylic acids is 1. The number of hydrogen-bond donors (Lipinski definition) is 2. The first-order valence-electron chi connectivity index (χ1n) is 8.26. The van der Waals surface area contributed by atoms with E-state index in [1.807, 2.05) is 18.2 Å². The van der Waals surface area contributed by atoms with E-state index in [1.165, 1.54) is 24.3 Å². The Morgan fingerprint density at radius 3 is 2.54 bits per heavy atom. The fourth-order valence-corrected chi connectivity index (χ4v) is 3.62. The minimum atomic E-state index is -3.51. The van der Waals surface area contributed by atoms with Gasteiger partial charge in [-0.25, -0.2) is 13.1 Å². The maximum Gasteiger partial charge on any atom is 0.251 e. The normalized spacial score (nSPS) is 12.8. The molecule has 7 nitrogen and oxygen atoms in total. The lowest BCUT2D eigenvalue weighted by molar-refractivity contribution is 0.0954. The summed E-state index contributed by atoms with van der Waals surface area (Å²) >= 11 is 0. The highest BCUT2D eigenvalue weighted by molar-refractivity contribution is 7.89. The Bertz CT molecular complexity index is 894. The lowest BCUT2D eigenvalue weighted by Gasteiger charge is -2.08. The molecule has 0 saturated carbocycles. The van der Waals surface area contributed by atoms with E-state index >= 15 is 0 Å². The average molecular weight is 376 g/mol. The first-order valence-corrected chi connectivity index (χ1v) is 9.74. The number of rotatable bonds is 7. The Balaban J connectivity index is 1.55. The second-order valence-electron chi connectivity index (χ2n) is 5.72. The van der Waals surface area contributed by atoms with Crippen LogP contribution in [0.4, 0.5) is 0 Å². The van der Waals surface area contributed by atoms with Crippen molar-refractivity contribution >= 4 is 15.9 Å². The second kappa shape index (κ2) is 7.76. The standard InChI is InChI=1S/C18H20N2O5S/c1-2-20-26(22,23)15-6-4-14(5-7-15)18(21)19-10-9-13-3-8-16-17(11-13)25-12-24-16/h3-8,11,20H,2,9-10,12H2,1H3,(H,19,21). The van der Waals surface area contributed by atoms with E-state index in [1.54, 1.807) is 6.92 Å². The molecular formula is C18H20N2O5S. The van der Waals surface area contributed by atoms with Crippen molar-refractivity contribution in [1.82, 2.24) is 10.0 Å². The molecule has 0 atom stereocenters. The van der Waals surface area contributed by atoms with Gasteiger partial charge in [0.1, 0.15) is 0 Å². The second-order valence-corrected chi connectivity index (χ2v) is 7.49. The molecule has 0 aromatic heterocycles. The van der Waals surface area contributed by atoms with E-state index in [-0.39, 0.29) is 17.6 Å². The Hall–Kier alpha value is -2.58. The lowest BCUT2D eigenvalue weighted by Crippen LogP contribution is -2.26. The molecule has 1 aliphatic rings. The van der Waals surface area contributed by atoms with Crippen LogP contribution in [0.15, 0.2) is 47.4 Å². The van der Waals surface area contributed by atoms with Crippen LogP contribution in [0.1, 0.15) is 22.8 Å². The van der Waals surface area contributed by atoms with Gasteiger partial charge in [-0.2, -0.15) is 0 Å². The van der Waals surface area contributed by atoms with Crippen LogP contribution < -0.4 is 19.5 Å². The number of nitrogens with one attached hydrogen (secondary N) is 2. The first kappa shape index (κ1) is 18.2. The van der Waals surface area contributed by atoms with Gasteiger partial charge in [-0.3, -0.25) is 4.79 Å². The van der Waals surface area contributed by atoms with E-state index in [0.717, 1.165) is 11.3 Å². The van der Waals surface area contributed by atoms with Crippen molar-refractivity contribution in [3.8, 4) is 11.5 Å². The summed E-state index contributed by atoms with van der Waals surface area (Å²) in [5.41, 5.74) is 1.44. The molecule has 8 heteroatoms. The Labute approximate surface area is 152 Å². The number of sulfonamides is 1. The van der Waals surface area contributed by atoms with Gasteiger partial charge in [0, 0.05) is 18.7 Å². The molecule has 1 amide bonds. The zero-order valence-electron chi connectivity index (χ0n) is 14.3. The smallest absolute Gasteiger partial charge is 0.251 e. The summed E-state index contributed by atoms with van der Waals surface area (Å²) in [4.78, 5) is 12.3. The molecule has 0 bridgehead atoms. The van der Waals surface area contributed by atoms with Crippen LogP contribution in [-0.4, -0.2) is 34.2 Å². The largest absolute Gasteiger partial charge is 0.454 e. The summed E-state index contributed by atoms with van der Waals surface area (Å²) in [5.74, 6) is 1.19. The third kappa shape index (κ3) is 4.14. The molecule has 2 N–H and O–H groups in total. The van der Waals surface area contributed by atoms with Crippen molar-refractivity contribution in [2.75, 3.05) is 19.9 Å². The summed E-state index contributed by atoms with van der Waals surface area (Å²) in [6, 6.07) is 11.5. The predicted octanol–water partition coefficient (Wildman–Crippen LogP) is 1.69. The van der Waals surface area contributed by atoms with E-state index < -0.39 is 10.0 Å². The minimum Gasteiger partial charge on any atom is -0.454 e. The molecule has 0 unspecified atom stereocenters. The number of carbonyl (C=O) groups is 1. The van der Waals surface area contributed by atoms with Crippen molar-refractivity contribution in [3.05, 3.63) is 53.6 Å². The van der Waals surface area contributed by atoms with Crippen molar-refractivity contribution in [2.24, 2.45) is 0 Å². The van der Waals surface area contributed by atoms with Crippen molar-refractivity contribution < 1.29 is 22.7 Å². The zero-order valence-corrected chi connectivity index (χ0v) is 15.1. The van der Waals surface area contributed by atoms with Gasteiger partial charge in [-0.1, -0.05) is 13.0 Å². The predicted molar refractivity (Wildman–Crippen MR) is 95.9 cm³/mol. The third-order valence-corrected chi connectivity index (χ3v) is 5.46. The molecule has 0 fully saturated rings. The summed E-state index contributed by atoms with van der Waals surface area (Å²) in [6.45, 7) is 2.70. The fourth-order valence-electron chi connectivity index (χ4n) is 2.58. The maximum absolute atomic E-state index is 12.2. The van der Waals surface area contributed by atoms with Crippen LogP contribution in [0.2, 0.25) is 0 Å².